The van der Waals surface area contributed by atoms with E-state index in [9.17, 15) is 18.0 Å². The number of rotatable bonds is 6. The number of aryl methyl sites for hydroxylation is 2. The van der Waals surface area contributed by atoms with Crippen LogP contribution < -0.4 is 5.56 Å². The topological polar surface area (TPSA) is 89.0 Å². The van der Waals surface area contributed by atoms with Gasteiger partial charge in [-0.25, -0.2) is 8.42 Å². The summed E-state index contributed by atoms with van der Waals surface area (Å²) in [4.78, 5) is 25.6. The zero-order valence-electron chi connectivity index (χ0n) is 16.9. The van der Waals surface area contributed by atoms with Crippen LogP contribution in [0.2, 0.25) is 0 Å². The number of sulfone groups is 1. The van der Waals surface area contributed by atoms with E-state index in [1.807, 2.05) is 31.2 Å². The van der Waals surface area contributed by atoms with E-state index in [1.165, 1.54) is 23.0 Å². The summed E-state index contributed by atoms with van der Waals surface area (Å²) in [5.41, 5.74) is 2.83. The lowest BCUT2D eigenvalue weighted by atomic mass is 9.92. The fraction of sp³-hybridized carbons (Fsp3) is 0.273. The lowest BCUT2D eigenvalue weighted by Gasteiger charge is -2.15. The predicted octanol–water partition coefficient (Wildman–Crippen LogP) is 3.37. The Balaban J connectivity index is 2.24. The summed E-state index contributed by atoms with van der Waals surface area (Å²) in [6, 6.07) is 10.6. The fourth-order valence-corrected chi connectivity index (χ4v) is 4.42. The summed E-state index contributed by atoms with van der Waals surface area (Å²) in [5.74, 6) is -0.428. The quantitative estimate of drug-likeness (QED) is 0.629. The van der Waals surface area contributed by atoms with Crippen molar-refractivity contribution < 1.29 is 13.2 Å². The van der Waals surface area contributed by atoms with Crippen molar-refractivity contribution in [2.24, 2.45) is 0 Å². The van der Waals surface area contributed by atoms with Crippen molar-refractivity contribution in [3.8, 4) is 11.1 Å². The number of aromatic nitrogens is 2. The predicted molar refractivity (Wildman–Crippen MR) is 113 cm³/mol. The highest BCUT2D eigenvalue weighted by atomic mass is 32.2. The molecule has 7 heteroatoms. The van der Waals surface area contributed by atoms with Gasteiger partial charge in [-0.1, -0.05) is 31.2 Å². The van der Waals surface area contributed by atoms with E-state index in [0.29, 0.717) is 23.2 Å². The first-order valence-corrected chi connectivity index (χ1v) is 11.3. The minimum Gasteiger partial charge on any atom is -0.302 e. The van der Waals surface area contributed by atoms with Gasteiger partial charge in [0, 0.05) is 30.1 Å². The van der Waals surface area contributed by atoms with Crippen molar-refractivity contribution in [2.75, 3.05) is 6.26 Å². The molecule has 6 nitrogen and oxygen atoms in total. The average molecular weight is 413 g/mol. The number of H-pyrrole nitrogens is 1. The lowest BCUT2D eigenvalue weighted by Crippen LogP contribution is -2.21. The van der Waals surface area contributed by atoms with E-state index >= 15 is 0 Å². The van der Waals surface area contributed by atoms with Gasteiger partial charge in [0.25, 0.3) is 5.56 Å². The summed E-state index contributed by atoms with van der Waals surface area (Å²) in [6.45, 7) is 5.99. The average Bonchev–Trinajstić information content (AvgIpc) is 3.07. The molecule has 152 valence electrons. The first kappa shape index (κ1) is 20.8. The van der Waals surface area contributed by atoms with Gasteiger partial charge in [0.2, 0.25) is 0 Å². The Labute approximate surface area is 170 Å². The summed E-state index contributed by atoms with van der Waals surface area (Å²) < 4.78 is 26.2. The third-order valence-electron chi connectivity index (χ3n) is 5.12. The Morgan fingerprint density at radius 1 is 1.03 bits per heavy atom. The smallest absolute Gasteiger partial charge is 0.277 e. The molecule has 0 atom stereocenters. The Kier molecular flexibility index (Phi) is 5.61. The molecule has 1 heterocycles. The number of nitrogens with one attached hydrogen (secondary N) is 1. The van der Waals surface area contributed by atoms with Crippen molar-refractivity contribution >= 4 is 15.6 Å². The van der Waals surface area contributed by atoms with Gasteiger partial charge in [0.05, 0.1) is 4.90 Å². The second-order valence-corrected chi connectivity index (χ2v) is 8.98. The molecule has 1 N–H and O–H groups in total. The highest BCUT2D eigenvalue weighted by molar-refractivity contribution is 7.90. The molecule has 0 aliphatic rings. The minimum absolute atomic E-state index is 0.0364. The summed E-state index contributed by atoms with van der Waals surface area (Å²) in [7, 11) is -3.52. The molecule has 0 spiro atoms. The van der Waals surface area contributed by atoms with E-state index in [1.54, 1.807) is 13.8 Å². The minimum atomic E-state index is -3.52. The molecule has 2 aromatic carbocycles. The molecule has 0 saturated carbocycles. The summed E-state index contributed by atoms with van der Waals surface area (Å²) in [6.07, 6.45) is 3.42. The van der Waals surface area contributed by atoms with Gasteiger partial charge in [0.15, 0.2) is 15.6 Å². The van der Waals surface area contributed by atoms with E-state index in [-0.39, 0.29) is 10.5 Å². The molecule has 0 aliphatic carbocycles. The van der Waals surface area contributed by atoms with E-state index in [4.69, 9.17) is 0 Å². The molecule has 29 heavy (non-hydrogen) atoms. The van der Waals surface area contributed by atoms with Crippen LogP contribution in [0.4, 0.5) is 0 Å². The molecular formula is C22H24N2O4S. The first-order chi connectivity index (χ1) is 13.7. The number of hydrogen-bond acceptors (Lipinski definition) is 4. The van der Waals surface area contributed by atoms with Crippen LogP contribution in [0.15, 0.2) is 52.3 Å². The van der Waals surface area contributed by atoms with Gasteiger partial charge in [0.1, 0.15) is 5.56 Å². The maximum atomic E-state index is 13.1. The van der Waals surface area contributed by atoms with Crippen molar-refractivity contribution in [2.45, 2.75) is 38.6 Å². The molecule has 0 radical (unpaired) electrons. The standard InChI is InChI=1S/C22H24N2O4S/c1-5-15-7-9-16(10-8-15)20-14(3)17(11-12-19(20)29(4,27)28)21(25)18-13-23-24(6-2)22(18)26/h7-13,23H,5-6H2,1-4H3. The van der Waals surface area contributed by atoms with Gasteiger partial charge in [-0.2, -0.15) is 0 Å². The Bertz CT molecular complexity index is 1230. The van der Waals surface area contributed by atoms with E-state index < -0.39 is 21.2 Å². The zero-order chi connectivity index (χ0) is 21.3. The number of aromatic amines is 1. The van der Waals surface area contributed by atoms with Crippen LogP contribution in [0, 0.1) is 6.92 Å². The van der Waals surface area contributed by atoms with Crippen LogP contribution in [-0.4, -0.2) is 30.2 Å². The summed E-state index contributed by atoms with van der Waals surface area (Å²) in [5, 5.41) is 2.78. The molecular weight excluding hydrogens is 388 g/mol. The maximum absolute atomic E-state index is 13.1. The van der Waals surface area contributed by atoms with E-state index in [2.05, 4.69) is 5.10 Å². The zero-order valence-corrected chi connectivity index (χ0v) is 17.8. The number of benzene rings is 2. The van der Waals surface area contributed by atoms with Crippen molar-refractivity contribution in [1.29, 1.82) is 0 Å². The number of carbonyl (C=O) groups excluding carboxylic acids is 1. The molecule has 0 fully saturated rings. The molecule has 0 amide bonds. The van der Waals surface area contributed by atoms with Gasteiger partial charge in [-0.05, 0) is 49.1 Å². The van der Waals surface area contributed by atoms with Crippen LogP contribution in [0.25, 0.3) is 11.1 Å². The highest BCUT2D eigenvalue weighted by Crippen LogP contribution is 2.33. The third-order valence-corrected chi connectivity index (χ3v) is 6.26. The largest absolute Gasteiger partial charge is 0.302 e. The monoisotopic (exact) mass is 412 g/mol. The van der Waals surface area contributed by atoms with Crippen LogP contribution in [0.5, 0.6) is 0 Å². The molecule has 0 saturated heterocycles. The molecule has 0 unspecified atom stereocenters. The van der Waals surface area contributed by atoms with Gasteiger partial charge >= 0.3 is 0 Å². The first-order valence-electron chi connectivity index (χ1n) is 9.44. The van der Waals surface area contributed by atoms with Crippen molar-refractivity contribution in [3.05, 3.63) is 75.2 Å². The Morgan fingerprint density at radius 2 is 1.69 bits per heavy atom. The van der Waals surface area contributed by atoms with Gasteiger partial charge in [-0.3, -0.25) is 14.3 Å². The second kappa shape index (κ2) is 7.83. The van der Waals surface area contributed by atoms with Crippen LogP contribution in [0.1, 0.15) is 40.9 Å². The van der Waals surface area contributed by atoms with E-state index in [0.717, 1.165) is 23.8 Å². The number of hydrogen-bond donors (Lipinski definition) is 1. The molecule has 1 aromatic heterocycles. The van der Waals surface area contributed by atoms with Crippen LogP contribution >= 0.6 is 0 Å². The van der Waals surface area contributed by atoms with Crippen molar-refractivity contribution in [3.63, 3.8) is 0 Å². The second-order valence-electron chi connectivity index (χ2n) is 7.00. The SMILES string of the molecule is CCc1ccc(-c2c(S(C)(=O)=O)ccc(C(=O)c3c[nH]n(CC)c3=O)c2C)cc1. The fourth-order valence-electron chi connectivity index (χ4n) is 3.46. The molecule has 0 aliphatic heterocycles. The third kappa shape index (κ3) is 3.82. The molecule has 3 aromatic rings. The van der Waals surface area contributed by atoms with Gasteiger partial charge < -0.3 is 5.10 Å². The highest BCUT2D eigenvalue weighted by Gasteiger charge is 2.24. The number of carbonyl (C=O) groups is 1. The van der Waals surface area contributed by atoms with Gasteiger partial charge in [-0.15, -0.1) is 0 Å². The normalized spacial score (nSPS) is 11.6. The van der Waals surface area contributed by atoms with Crippen molar-refractivity contribution in [1.82, 2.24) is 9.78 Å². The Morgan fingerprint density at radius 3 is 2.21 bits per heavy atom. The molecule has 3 rings (SSSR count). The number of nitrogens with zero attached hydrogens (tertiary/aromatic N) is 1. The van der Waals surface area contributed by atoms with Crippen LogP contribution in [-0.2, 0) is 22.8 Å². The maximum Gasteiger partial charge on any atom is 0.277 e. The Hall–Kier alpha value is -2.93. The molecule has 0 bridgehead atoms. The lowest BCUT2D eigenvalue weighted by molar-refractivity contribution is 0.103. The van der Waals surface area contributed by atoms with Crippen LogP contribution in [0.3, 0.4) is 0 Å². The number of ketones is 1. The summed E-state index contributed by atoms with van der Waals surface area (Å²) >= 11 is 0.